The number of aliphatic hydroxyl groups excluding tert-OH is 1. The number of aromatic nitrogens is 4. The quantitative estimate of drug-likeness (QED) is 0.455. The summed E-state index contributed by atoms with van der Waals surface area (Å²) in [6.07, 6.45) is 6.28. The molecule has 1 unspecified atom stereocenters. The molecule has 30 heavy (non-hydrogen) atoms. The molecule has 0 amide bonds. The van der Waals surface area contributed by atoms with E-state index in [2.05, 4.69) is 49.3 Å². The normalized spacial score (nSPS) is 16.1. The topological polar surface area (TPSA) is 122 Å². The van der Waals surface area contributed by atoms with Crippen molar-refractivity contribution in [3.8, 4) is 0 Å². The number of nitrogens with zero attached hydrogens (tertiary/aromatic N) is 5. The van der Waals surface area contributed by atoms with Crippen LogP contribution >= 0.6 is 0 Å². The number of aliphatic hydroxyl groups is 1. The highest BCUT2D eigenvalue weighted by Gasteiger charge is 2.24. The molecule has 2 aromatic heterocycles. The molecule has 0 saturated carbocycles. The van der Waals surface area contributed by atoms with Crippen molar-refractivity contribution in [2.45, 2.75) is 39.5 Å². The van der Waals surface area contributed by atoms with Gasteiger partial charge in [-0.3, -0.25) is 0 Å². The molecule has 0 radical (unpaired) electrons. The maximum Gasteiger partial charge on any atom is 0.225 e. The molecule has 1 saturated heterocycles. The Kier molecular flexibility index (Phi) is 8.71. The molecular formula is C20H33N7O2S. The van der Waals surface area contributed by atoms with Gasteiger partial charge in [0, 0.05) is 13.1 Å². The number of hydrogen-bond acceptors (Lipinski definition) is 9. The van der Waals surface area contributed by atoms with Crippen molar-refractivity contribution in [1.29, 1.82) is 0 Å². The summed E-state index contributed by atoms with van der Waals surface area (Å²) in [5, 5.41) is 15.7. The van der Waals surface area contributed by atoms with Gasteiger partial charge >= 0.3 is 0 Å². The molecule has 2 aromatic rings. The van der Waals surface area contributed by atoms with Gasteiger partial charge in [-0.25, -0.2) is 15.0 Å². The Balaban J connectivity index is 1.91. The highest BCUT2D eigenvalue weighted by Crippen LogP contribution is 2.28. The highest BCUT2D eigenvalue weighted by atomic mass is 32.2. The summed E-state index contributed by atoms with van der Waals surface area (Å²) >= 11 is -0.774. The van der Waals surface area contributed by atoms with Gasteiger partial charge < -0.3 is 25.2 Å². The second kappa shape index (κ2) is 11.5. The number of rotatable bonds is 11. The lowest BCUT2D eigenvalue weighted by molar-refractivity contribution is 0.311. The van der Waals surface area contributed by atoms with Gasteiger partial charge in [-0.15, -0.1) is 0 Å². The fraction of sp³-hybridized carbons (Fsp3) is 0.700. The summed E-state index contributed by atoms with van der Waals surface area (Å²) in [6.45, 7) is 6.96. The molecule has 0 aromatic carbocycles. The van der Waals surface area contributed by atoms with Gasteiger partial charge in [0.05, 0.1) is 19.7 Å². The van der Waals surface area contributed by atoms with Gasteiger partial charge in [0.2, 0.25) is 5.95 Å². The third kappa shape index (κ3) is 5.83. The van der Waals surface area contributed by atoms with Crippen molar-refractivity contribution in [3.05, 3.63) is 6.33 Å². The third-order valence-electron chi connectivity index (χ3n) is 5.44. The lowest BCUT2D eigenvalue weighted by Crippen LogP contribution is -2.41. The number of nitrogens with one attached hydrogen (secondary N) is 2. The van der Waals surface area contributed by atoms with E-state index in [1.165, 1.54) is 19.3 Å². The van der Waals surface area contributed by atoms with Crippen LogP contribution in [0.25, 0.3) is 11.0 Å². The van der Waals surface area contributed by atoms with E-state index in [0.717, 1.165) is 18.8 Å². The minimum atomic E-state index is -0.774. The van der Waals surface area contributed by atoms with Crippen molar-refractivity contribution in [3.63, 3.8) is 0 Å². The van der Waals surface area contributed by atoms with Gasteiger partial charge in [-0.2, -0.15) is 4.98 Å². The Morgan fingerprint density at radius 3 is 2.67 bits per heavy atom. The minimum Gasteiger partial charge on any atom is -0.616 e. The average Bonchev–Trinajstić information content (AvgIpc) is 2.78. The zero-order chi connectivity index (χ0) is 21.3. The van der Waals surface area contributed by atoms with Crippen LogP contribution in [0.15, 0.2) is 6.33 Å². The molecule has 0 spiro atoms. The van der Waals surface area contributed by atoms with Gasteiger partial charge in [-0.05, 0) is 12.3 Å². The fourth-order valence-electron chi connectivity index (χ4n) is 3.56. The van der Waals surface area contributed by atoms with Crippen LogP contribution in [0.4, 0.5) is 17.6 Å². The maximum atomic E-state index is 11.8. The zero-order valence-corrected chi connectivity index (χ0v) is 18.7. The number of hydrogen-bond donors (Lipinski definition) is 3. The summed E-state index contributed by atoms with van der Waals surface area (Å²) in [4.78, 5) is 20.4. The summed E-state index contributed by atoms with van der Waals surface area (Å²) in [6, 6.07) is 0. The van der Waals surface area contributed by atoms with Crippen molar-refractivity contribution in [2.24, 2.45) is 5.92 Å². The van der Waals surface area contributed by atoms with E-state index < -0.39 is 11.2 Å². The van der Waals surface area contributed by atoms with Gasteiger partial charge in [0.25, 0.3) is 0 Å². The smallest absolute Gasteiger partial charge is 0.225 e. The first kappa shape index (κ1) is 22.8. The Bertz CT molecular complexity index is 802. The number of anilines is 3. The van der Waals surface area contributed by atoms with Crippen LogP contribution in [-0.4, -0.2) is 73.9 Å². The van der Waals surface area contributed by atoms with Gasteiger partial charge in [0.15, 0.2) is 11.6 Å². The minimum absolute atomic E-state index is 0.00850. The molecule has 3 N–H and O–H groups in total. The van der Waals surface area contributed by atoms with Crippen LogP contribution in [0.3, 0.4) is 0 Å². The molecule has 9 nitrogen and oxygen atoms in total. The van der Waals surface area contributed by atoms with E-state index in [9.17, 15) is 9.66 Å². The van der Waals surface area contributed by atoms with Crippen LogP contribution in [0.2, 0.25) is 0 Å². The summed E-state index contributed by atoms with van der Waals surface area (Å²) in [5.41, 5.74) is 1.36. The van der Waals surface area contributed by atoms with Gasteiger partial charge in [0.1, 0.15) is 28.9 Å². The van der Waals surface area contributed by atoms with E-state index in [1.807, 2.05) is 0 Å². The van der Waals surface area contributed by atoms with Crippen molar-refractivity contribution in [1.82, 2.24) is 19.9 Å². The SMILES string of the molecule is CCCCC(CC)CNc1ncnc2c(N3CC[S+]([O-])CC3)nc(NCCO)nc12. The first-order chi connectivity index (χ1) is 14.7. The average molecular weight is 436 g/mol. The van der Waals surface area contributed by atoms with Crippen LogP contribution < -0.4 is 15.5 Å². The van der Waals surface area contributed by atoms with E-state index in [1.54, 1.807) is 6.33 Å². The second-order valence-corrected chi connectivity index (χ2v) is 9.27. The predicted octanol–water partition coefficient (Wildman–Crippen LogP) is 2.02. The zero-order valence-electron chi connectivity index (χ0n) is 17.9. The molecule has 1 aliphatic rings. The third-order valence-corrected chi connectivity index (χ3v) is 6.71. The first-order valence-corrected chi connectivity index (χ1v) is 12.4. The number of unbranched alkanes of at least 4 members (excludes halogenated alkanes) is 1. The molecule has 10 heteroatoms. The maximum absolute atomic E-state index is 11.8. The Labute approximate surface area is 181 Å². The van der Waals surface area contributed by atoms with E-state index in [-0.39, 0.29) is 6.61 Å². The van der Waals surface area contributed by atoms with Crippen LogP contribution in [0.1, 0.15) is 39.5 Å². The molecule has 3 heterocycles. The van der Waals surface area contributed by atoms with E-state index >= 15 is 0 Å². The molecular weight excluding hydrogens is 402 g/mol. The van der Waals surface area contributed by atoms with Gasteiger partial charge in [-0.1, -0.05) is 44.3 Å². The van der Waals surface area contributed by atoms with Crippen molar-refractivity contribution >= 4 is 39.8 Å². The van der Waals surface area contributed by atoms with E-state index in [4.69, 9.17) is 0 Å². The second-order valence-electron chi connectivity index (χ2n) is 7.57. The molecule has 1 atom stereocenters. The molecule has 3 rings (SSSR count). The first-order valence-electron chi connectivity index (χ1n) is 10.9. The largest absolute Gasteiger partial charge is 0.616 e. The summed E-state index contributed by atoms with van der Waals surface area (Å²) < 4.78 is 11.8. The fourth-order valence-corrected chi connectivity index (χ4v) is 4.62. The Morgan fingerprint density at radius 2 is 1.97 bits per heavy atom. The summed E-state index contributed by atoms with van der Waals surface area (Å²) in [7, 11) is 0. The van der Waals surface area contributed by atoms with Crippen molar-refractivity contribution in [2.75, 3.05) is 59.8 Å². The predicted molar refractivity (Wildman–Crippen MR) is 123 cm³/mol. The highest BCUT2D eigenvalue weighted by molar-refractivity contribution is 7.91. The summed E-state index contributed by atoms with van der Waals surface area (Å²) in [5.74, 6) is 3.69. The lowest BCUT2D eigenvalue weighted by atomic mass is 9.99. The van der Waals surface area contributed by atoms with E-state index in [0.29, 0.717) is 59.9 Å². The lowest BCUT2D eigenvalue weighted by Gasteiger charge is -2.29. The molecule has 0 aliphatic carbocycles. The molecule has 1 aliphatic heterocycles. The van der Waals surface area contributed by atoms with Crippen LogP contribution in [0, 0.1) is 5.92 Å². The van der Waals surface area contributed by atoms with Crippen LogP contribution in [-0.2, 0) is 11.2 Å². The standard InChI is InChI=1S/C20H33N7O2S/c1-3-5-6-15(4-2)13-22-18-16-17(23-14-24-18)19(26-20(25-16)21-7-10-28)27-8-11-30(29)12-9-27/h14-15,28H,3-13H2,1-2H3,(H,21,25,26)(H,22,23,24). The van der Waals surface area contributed by atoms with Crippen molar-refractivity contribution < 1.29 is 9.66 Å². The molecule has 1 fully saturated rings. The Hall–Kier alpha value is -1.91. The van der Waals surface area contributed by atoms with Crippen LogP contribution in [0.5, 0.6) is 0 Å². The molecule has 0 bridgehead atoms. The molecule has 166 valence electrons. The Morgan fingerprint density at radius 1 is 1.17 bits per heavy atom. The number of fused-ring (bicyclic) bond motifs is 1. The monoisotopic (exact) mass is 435 g/mol.